The third-order valence-electron chi connectivity index (χ3n) is 5.29. The number of fused-ring (bicyclic) bond motifs is 1. The number of aliphatic carboxylic acids is 1. The molecule has 1 fully saturated rings. The van der Waals surface area contributed by atoms with E-state index in [2.05, 4.69) is 0 Å². The van der Waals surface area contributed by atoms with Crippen molar-refractivity contribution in [2.75, 3.05) is 20.2 Å². The number of amides is 3. The Morgan fingerprint density at radius 3 is 2.52 bits per heavy atom. The van der Waals surface area contributed by atoms with E-state index >= 15 is 0 Å². The Hall–Kier alpha value is -2.74. The third-order valence-corrected chi connectivity index (χ3v) is 5.29. The third kappa shape index (κ3) is 3.21. The molecule has 0 saturated carbocycles. The Morgan fingerprint density at radius 1 is 1.26 bits per heavy atom. The molecule has 0 aliphatic carbocycles. The van der Waals surface area contributed by atoms with Gasteiger partial charge in [-0.05, 0) is 44.9 Å². The van der Waals surface area contributed by atoms with Crippen LogP contribution in [0.1, 0.15) is 57.8 Å². The number of carbonyl (C=O) groups is 4. The van der Waals surface area contributed by atoms with Crippen LogP contribution in [0.2, 0.25) is 0 Å². The highest BCUT2D eigenvalue weighted by atomic mass is 16.5. The summed E-state index contributed by atoms with van der Waals surface area (Å²) in [5, 5.41) is 9.30. The number of hydrogen-bond acceptors (Lipinski definition) is 5. The molecular weight excluding hydrogens is 352 g/mol. The van der Waals surface area contributed by atoms with E-state index in [0.29, 0.717) is 6.61 Å². The number of imide groups is 1. The molecule has 144 valence electrons. The number of carboxylic acids is 1. The molecule has 1 N–H and O–H groups in total. The minimum Gasteiger partial charge on any atom is -0.480 e. The van der Waals surface area contributed by atoms with Crippen LogP contribution in [0.3, 0.4) is 0 Å². The molecule has 3 amide bonds. The first-order valence-corrected chi connectivity index (χ1v) is 8.78. The van der Waals surface area contributed by atoms with Crippen molar-refractivity contribution >= 4 is 23.7 Å². The molecule has 0 radical (unpaired) electrons. The topological polar surface area (TPSA) is 104 Å². The van der Waals surface area contributed by atoms with Gasteiger partial charge in [0, 0.05) is 19.2 Å². The van der Waals surface area contributed by atoms with Crippen molar-refractivity contribution in [1.82, 2.24) is 9.80 Å². The van der Waals surface area contributed by atoms with Gasteiger partial charge in [-0.25, -0.2) is 4.79 Å². The van der Waals surface area contributed by atoms with E-state index in [9.17, 15) is 24.3 Å². The summed E-state index contributed by atoms with van der Waals surface area (Å²) in [6.45, 7) is 3.65. The zero-order valence-corrected chi connectivity index (χ0v) is 15.5. The molecule has 0 spiro atoms. The average Bonchev–Trinajstić information content (AvgIpc) is 3.23. The smallest absolute Gasteiger partial charge is 0.329 e. The van der Waals surface area contributed by atoms with Crippen molar-refractivity contribution in [3.63, 3.8) is 0 Å². The number of hydrogen-bond donors (Lipinski definition) is 1. The SMILES string of the molecule is CN(C(=O)c1ccc2c(c1)C(=O)N(CC1CCCO1)C2=O)C(C)(C)C(=O)O. The molecule has 1 saturated heterocycles. The minimum absolute atomic E-state index is 0.157. The predicted octanol–water partition coefficient (Wildman–Crippen LogP) is 1.40. The highest BCUT2D eigenvalue weighted by molar-refractivity contribution is 6.22. The minimum atomic E-state index is -1.41. The van der Waals surface area contributed by atoms with Crippen LogP contribution in [0.15, 0.2) is 18.2 Å². The molecule has 8 heteroatoms. The summed E-state index contributed by atoms with van der Waals surface area (Å²) in [5.74, 6) is -2.54. The Bertz CT molecular complexity index is 825. The molecule has 0 bridgehead atoms. The lowest BCUT2D eigenvalue weighted by atomic mass is 10.0. The molecule has 1 unspecified atom stereocenters. The molecule has 1 aromatic carbocycles. The van der Waals surface area contributed by atoms with Crippen LogP contribution < -0.4 is 0 Å². The first kappa shape index (κ1) is 19.0. The number of likely N-dealkylation sites (N-methyl/N-ethyl adjacent to an activating group) is 1. The highest BCUT2D eigenvalue weighted by Gasteiger charge is 2.39. The van der Waals surface area contributed by atoms with Gasteiger partial charge in [0.2, 0.25) is 0 Å². The predicted molar refractivity (Wildman–Crippen MR) is 94.6 cm³/mol. The van der Waals surface area contributed by atoms with Gasteiger partial charge in [-0.3, -0.25) is 19.3 Å². The molecule has 3 rings (SSSR count). The zero-order chi connectivity index (χ0) is 19.9. The average molecular weight is 374 g/mol. The monoisotopic (exact) mass is 374 g/mol. The molecule has 2 aliphatic heterocycles. The second-order valence-electron chi connectivity index (χ2n) is 7.34. The second-order valence-corrected chi connectivity index (χ2v) is 7.34. The van der Waals surface area contributed by atoms with Crippen molar-refractivity contribution in [2.45, 2.75) is 38.3 Å². The fraction of sp³-hybridized carbons (Fsp3) is 0.474. The Labute approximate surface area is 156 Å². The van der Waals surface area contributed by atoms with E-state index in [1.54, 1.807) is 0 Å². The molecule has 8 nitrogen and oxygen atoms in total. The van der Waals surface area contributed by atoms with E-state index in [1.165, 1.54) is 39.1 Å². The number of nitrogens with zero attached hydrogens (tertiary/aromatic N) is 2. The number of carbonyl (C=O) groups excluding carboxylic acids is 3. The van der Waals surface area contributed by atoms with Crippen molar-refractivity contribution in [3.8, 4) is 0 Å². The van der Waals surface area contributed by atoms with Gasteiger partial charge in [-0.15, -0.1) is 0 Å². The quantitative estimate of drug-likeness (QED) is 0.781. The standard InChI is InChI=1S/C19H22N2O6/c1-19(2,18(25)26)20(3)15(22)11-6-7-13-14(9-11)17(24)21(16(13)23)10-12-5-4-8-27-12/h6-7,9,12H,4-5,8,10H2,1-3H3,(H,25,26). The van der Waals surface area contributed by atoms with Crippen molar-refractivity contribution in [1.29, 1.82) is 0 Å². The molecular formula is C19H22N2O6. The van der Waals surface area contributed by atoms with Gasteiger partial charge in [0.05, 0.1) is 23.8 Å². The van der Waals surface area contributed by atoms with Crippen molar-refractivity contribution in [3.05, 3.63) is 34.9 Å². The van der Waals surface area contributed by atoms with Crippen LogP contribution in [-0.2, 0) is 9.53 Å². The summed E-state index contributed by atoms with van der Waals surface area (Å²) < 4.78 is 5.50. The van der Waals surface area contributed by atoms with E-state index in [1.807, 2.05) is 0 Å². The van der Waals surface area contributed by atoms with Crippen LogP contribution in [-0.4, -0.2) is 70.4 Å². The Kier molecular flexibility index (Phi) is 4.77. The summed E-state index contributed by atoms with van der Waals surface area (Å²) in [7, 11) is 1.39. The van der Waals surface area contributed by atoms with Crippen LogP contribution in [0, 0.1) is 0 Å². The largest absolute Gasteiger partial charge is 0.480 e. The first-order chi connectivity index (χ1) is 12.6. The van der Waals surface area contributed by atoms with Gasteiger partial charge in [0.15, 0.2) is 0 Å². The van der Waals surface area contributed by atoms with Gasteiger partial charge < -0.3 is 14.7 Å². The molecule has 2 heterocycles. The fourth-order valence-electron chi connectivity index (χ4n) is 3.17. The summed E-state index contributed by atoms with van der Waals surface area (Å²) in [6, 6.07) is 4.25. The lowest BCUT2D eigenvalue weighted by Gasteiger charge is -2.31. The van der Waals surface area contributed by atoms with Crippen LogP contribution in [0.5, 0.6) is 0 Å². The molecule has 2 aliphatic rings. The van der Waals surface area contributed by atoms with Crippen LogP contribution in [0.4, 0.5) is 0 Å². The van der Waals surface area contributed by atoms with Crippen molar-refractivity contribution in [2.24, 2.45) is 0 Å². The van der Waals surface area contributed by atoms with E-state index in [4.69, 9.17) is 4.74 Å². The molecule has 1 aromatic rings. The summed E-state index contributed by atoms with van der Waals surface area (Å²) in [6.07, 6.45) is 1.54. The second kappa shape index (κ2) is 6.77. The summed E-state index contributed by atoms with van der Waals surface area (Å²) >= 11 is 0. The van der Waals surface area contributed by atoms with Gasteiger partial charge in [0.25, 0.3) is 17.7 Å². The number of rotatable bonds is 5. The van der Waals surface area contributed by atoms with Gasteiger partial charge in [0.1, 0.15) is 5.54 Å². The Balaban J connectivity index is 1.85. The normalized spacial score (nSPS) is 19.4. The highest BCUT2D eigenvalue weighted by Crippen LogP contribution is 2.27. The van der Waals surface area contributed by atoms with E-state index in [-0.39, 0.29) is 29.3 Å². The summed E-state index contributed by atoms with van der Waals surface area (Å²) in [5.41, 5.74) is -0.854. The molecule has 27 heavy (non-hydrogen) atoms. The molecule has 1 atom stereocenters. The molecule has 0 aromatic heterocycles. The maximum Gasteiger partial charge on any atom is 0.329 e. The zero-order valence-electron chi connectivity index (χ0n) is 15.5. The Morgan fingerprint density at radius 2 is 1.93 bits per heavy atom. The first-order valence-electron chi connectivity index (χ1n) is 8.78. The van der Waals surface area contributed by atoms with Gasteiger partial charge in [-0.2, -0.15) is 0 Å². The lowest BCUT2D eigenvalue weighted by Crippen LogP contribution is -2.50. The number of benzene rings is 1. The van der Waals surface area contributed by atoms with Gasteiger partial charge in [-0.1, -0.05) is 0 Å². The van der Waals surface area contributed by atoms with Crippen LogP contribution >= 0.6 is 0 Å². The fourth-order valence-corrected chi connectivity index (χ4v) is 3.17. The maximum absolute atomic E-state index is 12.7. The van der Waals surface area contributed by atoms with Crippen LogP contribution in [0.25, 0.3) is 0 Å². The van der Waals surface area contributed by atoms with E-state index in [0.717, 1.165) is 22.6 Å². The number of carboxylic acid groups (broad SMARTS) is 1. The summed E-state index contributed by atoms with van der Waals surface area (Å²) in [4.78, 5) is 51.5. The van der Waals surface area contributed by atoms with Gasteiger partial charge >= 0.3 is 5.97 Å². The van der Waals surface area contributed by atoms with E-state index < -0.39 is 29.2 Å². The maximum atomic E-state index is 12.7. The van der Waals surface area contributed by atoms with Crippen molar-refractivity contribution < 1.29 is 29.0 Å². The number of ether oxygens (including phenoxy) is 1. The lowest BCUT2D eigenvalue weighted by molar-refractivity contribution is -0.147.